The van der Waals surface area contributed by atoms with E-state index in [1.165, 1.54) is 110 Å². The van der Waals surface area contributed by atoms with E-state index in [4.69, 9.17) is 0 Å². The monoisotopic (exact) mass is 724 g/mol. The van der Waals surface area contributed by atoms with Crippen molar-refractivity contribution in [2.75, 3.05) is 0 Å². The van der Waals surface area contributed by atoms with E-state index in [-0.39, 0.29) is 5.41 Å². The summed E-state index contributed by atoms with van der Waals surface area (Å²) in [6.45, 7) is 4.73. The van der Waals surface area contributed by atoms with Gasteiger partial charge in [-0.1, -0.05) is 190 Å². The van der Waals surface area contributed by atoms with Gasteiger partial charge in [-0.25, -0.2) is 0 Å². The van der Waals surface area contributed by atoms with Crippen molar-refractivity contribution < 1.29 is 0 Å². The molecule has 0 atom stereocenters. The fourth-order valence-corrected chi connectivity index (χ4v) is 9.62. The summed E-state index contributed by atoms with van der Waals surface area (Å²) in [5, 5.41) is 7.51. The van der Waals surface area contributed by atoms with Crippen molar-refractivity contribution in [2.24, 2.45) is 0 Å². The molecular formula is C57H40. The zero-order valence-corrected chi connectivity index (χ0v) is 32.1. The molecule has 11 rings (SSSR count). The van der Waals surface area contributed by atoms with Gasteiger partial charge < -0.3 is 0 Å². The molecule has 268 valence electrons. The highest BCUT2D eigenvalue weighted by atomic mass is 14.4. The van der Waals surface area contributed by atoms with Crippen LogP contribution in [0.2, 0.25) is 0 Å². The Morgan fingerprint density at radius 3 is 1.32 bits per heavy atom. The molecule has 57 heavy (non-hydrogen) atoms. The lowest BCUT2D eigenvalue weighted by molar-refractivity contribution is 0.660. The Morgan fingerprint density at radius 1 is 0.263 bits per heavy atom. The lowest BCUT2D eigenvalue weighted by atomic mass is 9.81. The zero-order valence-electron chi connectivity index (χ0n) is 32.1. The smallest absolute Gasteiger partial charge is 0.0159 e. The Bertz CT molecular complexity index is 3170. The van der Waals surface area contributed by atoms with E-state index in [0.717, 1.165) is 0 Å². The Balaban J connectivity index is 1.19. The van der Waals surface area contributed by atoms with Gasteiger partial charge in [0.2, 0.25) is 0 Å². The van der Waals surface area contributed by atoms with Crippen LogP contribution in [-0.4, -0.2) is 0 Å². The number of fused-ring (bicyclic) bond motifs is 7. The van der Waals surface area contributed by atoms with E-state index in [1.54, 1.807) is 0 Å². The summed E-state index contributed by atoms with van der Waals surface area (Å²) in [6, 6.07) is 76.6. The Labute approximate surface area is 334 Å². The highest BCUT2D eigenvalue weighted by molar-refractivity contribution is 6.23. The van der Waals surface area contributed by atoms with Crippen molar-refractivity contribution in [3.63, 3.8) is 0 Å². The van der Waals surface area contributed by atoms with Crippen molar-refractivity contribution in [2.45, 2.75) is 19.3 Å². The van der Waals surface area contributed by atoms with Crippen LogP contribution in [0.5, 0.6) is 0 Å². The molecule has 0 bridgehead atoms. The highest BCUT2D eigenvalue weighted by Gasteiger charge is 2.35. The second kappa shape index (κ2) is 13.0. The van der Waals surface area contributed by atoms with Gasteiger partial charge in [-0.2, -0.15) is 0 Å². The molecule has 0 amide bonds. The van der Waals surface area contributed by atoms with Crippen LogP contribution in [0, 0.1) is 0 Å². The minimum absolute atomic E-state index is 0.0617. The van der Waals surface area contributed by atoms with Crippen LogP contribution in [0.3, 0.4) is 0 Å². The summed E-state index contributed by atoms with van der Waals surface area (Å²) in [5.74, 6) is 0. The maximum absolute atomic E-state index is 2.45. The van der Waals surface area contributed by atoms with Crippen LogP contribution < -0.4 is 0 Å². The van der Waals surface area contributed by atoms with Crippen molar-refractivity contribution in [1.82, 2.24) is 0 Å². The van der Waals surface area contributed by atoms with E-state index in [0.29, 0.717) is 0 Å². The second-order valence-corrected chi connectivity index (χ2v) is 16.0. The van der Waals surface area contributed by atoms with Gasteiger partial charge in [-0.3, -0.25) is 0 Å². The fraction of sp³-hybridized carbons (Fsp3) is 0.0526. The predicted octanol–water partition coefficient (Wildman–Crippen LogP) is 15.8. The number of rotatable bonds is 5. The first-order valence-electron chi connectivity index (χ1n) is 20.0. The largest absolute Gasteiger partial charge is 0.0622 e. The SMILES string of the molecule is CC1(C)c2ccccc2-c2ccc(-c3ccc4c(c3)c(-c3ccccc3)c(-c3ccccc3)c3cc(-c5cc6ccccc6cc5-c5ccccc5)ccc34)cc21. The lowest BCUT2D eigenvalue weighted by Gasteiger charge is -2.22. The molecule has 10 aromatic carbocycles. The van der Waals surface area contributed by atoms with E-state index in [1.807, 2.05) is 0 Å². The first-order valence-corrected chi connectivity index (χ1v) is 20.0. The summed E-state index contributed by atoms with van der Waals surface area (Å²) < 4.78 is 0. The summed E-state index contributed by atoms with van der Waals surface area (Å²) >= 11 is 0. The third kappa shape index (κ3) is 5.36. The highest BCUT2D eigenvalue weighted by Crippen LogP contribution is 2.51. The van der Waals surface area contributed by atoms with Crippen molar-refractivity contribution >= 4 is 32.3 Å². The Kier molecular flexibility index (Phi) is 7.63. The summed E-state index contributed by atoms with van der Waals surface area (Å²) in [4.78, 5) is 0. The average molecular weight is 725 g/mol. The van der Waals surface area contributed by atoms with E-state index in [2.05, 4.69) is 220 Å². The van der Waals surface area contributed by atoms with Crippen LogP contribution in [0.15, 0.2) is 206 Å². The summed E-state index contributed by atoms with van der Waals surface area (Å²) in [6.07, 6.45) is 0. The molecule has 0 saturated heterocycles. The van der Waals surface area contributed by atoms with Gasteiger partial charge in [0.05, 0.1) is 0 Å². The van der Waals surface area contributed by atoms with Gasteiger partial charge in [0, 0.05) is 5.41 Å². The molecule has 1 aliphatic carbocycles. The fourth-order valence-electron chi connectivity index (χ4n) is 9.62. The summed E-state index contributed by atoms with van der Waals surface area (Å²) in [7, 11) is 0. The van der Waals surface area contributed by atoms with Gasteiger partial charge >= 0.3 is 0 Å². The molecule has 0 aromatic heterocycles. The molecule has 0 fully saturated rings. The molecule has 0 saturated carbocycles. The quantitative estimate of drug-likeness (QED) is 0.155. The molecule has 0 aliphatic heterocycles. The van der Waals surface area contributed by atoms with Crippen LogP contribution in [0.1, 0.15) is 25.0 Å². The molecule has 0 nitrogen and oxygen atoms in total. The van der Waals surface area contributed by atoms with Gasteiger partial charge in [-0.15, -0.1) is 0 Å². The zero-order chi connectivity index (χ0) is 38.1. The second-order valence-electron chi connectivity index (χ2n) is 16.0. The van der Waals surface area contributed by atoms with Crippen LogP contribution in [-0.2, 0) is 5.41 Å². The molecular weight excluding hydrogens is 685 g/mol. The molecule has 10 aromatic rings. The maximum Gasteiger partial charge on any atom is 0.0159 e. The van der Waals surface area contributed by atoms with Crippen LogP contribution in [0.25, 0.3) is 99.1 Å². The molecule has 0 heterocycles. The standard InChI is InChI=1S/C57H40/c1-57(2)53-25-15-14-24-47(53)48-31-27-43(36-54(48)57)42-26-29-45-46-30-28-44(50-33-41-23-13-12-22-40(41)32-49(50)37-16-6-3-7-17-37)35-52(46)56(39-20-10-5-11-21-39)55(51(45)34-42)38-18-8-4-9-19-38/h3-36H,1-2H3. The third-order valence-corrected chi connectivity index (χ3v) is 12.4. The van der Waals surface area contributed by atoms with Gasteiger partial charge in [0.25, 0.3) is 0 Å². The minimum atomic E-state index is -0.0617. The molecule has 0 heteroatoms. The van der Waals surface area contributed by atoms with Crippen molar-refractivity contribution in [3.8, 4) is 66.8 Å². The lowest BCUT2D eigenvalue weighted by Crippen LogP contribution is -2.14. The van der Waals surface area contributed by atoms with E-state index >= 15 is 0 Å². The van der Waals surface area contributed by atoms with Crippen molar-refractivity contribution in [3.05, 3.63) is 217 Å². The number of benzene rings is 10. The number of hydrogen-bond acceptors (Lipinski definition) is 0. The normalized spacial score (nSPS) is 12.9. The average Bonchev–Trinajstić information content (AvgIpc) is 3.51. The molecule has 0 N–H and O–H groups in total. The number of hydrogen-bond donors (Lipinski definition) is 0. The van der Waals surface area contributed by atoms with E-state index in [9.17, 15) is 0 Å². The molecule has 0 unspecified atom stereocenters. The molecule has 0 spiro atoms. The third-order valence-electron chi connectivity index (χ3n) is 12.4. The van der Waals surface area contributed by atoms with E-state index < -0.39 is 0 Å². The maximum atomic E-state index is 2.45. The Hall–Kier alpha value is -7.02. The first-order chi connectivity index (χ1) is 28.0. The van der Waals surface area contributed by atoms with Crippen molar-refractivity contribution in [1.29, 1.82) is 0 Å². The molecule has 0 radical (unpaired) electrons. The van der Waals surface area contributed by atoms with Crippen LogP contribution in [0.4, 0.5) is 0 Å². The summed E-state index contributed by atoms with van der Waals surface area (Å²) in [5.41, 5.74) is 17.8. The Morgan fingerprint density at radius 2 is 0.702 bits per heavy atom. The molecule has 1 aliphatic rings. The van der Waals surface area contributed by atoms with Gasteiger partial charge in [0.1, 0.15) is 0 Å². The first kappa shape index (κ1) is 33.3. The topological polar surface area (TPSA) is 0 Å². The van der Waals surface area contributed by atoms with Crippen LogP contribution >= 0.6 is 0 Å². The van der Waals surface area contributed by atoms with Gasteiger partial charge in [0.15, 0.2) is 0 Å². The van der Waals surface area contributed by atoms with Gasteiger partial charge in [-0.05, 0) is 141 Å². The predicted molar refractivity (Wildman–Crippen MR) is 244 cm³/mol. The minimum Gasteiger partial charge on any atom is -0.0622 e.